The molecular formula is C16H15N7O3. The van der Waals surface area contributed by atoms with E-state index in [2.05, 4.69) is 20.3 Å². The number of benzene rings is 1. The molecule has 0 aliphatic carbocycles. The second kappa shape index (κ2) is 5.69. The third kappa shape index (κ3) is 2.31. The summed E-state index contributed by atoms with van der Waals surface area (Å²) >= 11 is 0. The van der Waals surface area contributed by atoms with E-state index in [0.29, 0.717) is 17.4 Å². The molecule has 0 fully saturated rings. The van der Waals surface area contributed by atoms with Crippen LogP contribution in [0.15, 0.2) is 40.1 Å². The van der Waals surface area contributed by atoms with Gasteiger partial charge < -0.3 is 9.72 Å². The van der Waals surface area contributed by atoms with Gasteiger partial charge in [-0.2, -0.15) is 9.67 Å². The van der Waals surface area contributed by atoms with Crippen LogP contribution >= 0.6 is 0 Å². The molecule has 0 atom stereocenters. The molecule has 3 aromatic heterocycles. The van der Waals surface area contributed by atoms with Crippen LogP contribution in [0.4, 0.5) is 0 Å². The van der Waals surface area contributed by atoms with Crippen LogP contribution in [-0.2, 0) is 14.1 Å². The van der Waals surface area contributed by atoms with Crippen molar-refractivity contribution in [2.45, 2.75) is 0 Å². The number of fused-ring (bicyclic) bond motifs is 1. The van der Waals surface area contributed by atoms with Gasteiger partial charge >= 0.3 is 5.69 Å². The summed E-state index contributed by atoms with van der Waals surface area (Å²) in [6.07, 6.45) is 1.68. The zero-order chi connectivity index (χ0) is 18.4. The summed E-state index contributed by atoms with van der Waals surface area (Å²) in [6, 6.07) is 7.42. The Kier molecular flexibility index (Phi) is 3.46. The molecular weight excluding hydrogens is 338 g/mol. The van der Waals surface area contributed by atoms with Crippen LogP contribution < -0.4 is 16.0 Å². The molecule has 0 amide bonds. The first kappa shape index (κ1) is 15.8. The maximum Gasteiger partial charge on any atom is 0.332 e. The molecule has 0 aliphatic heterocycles. The van der Waals surface area contributed by atoms with Gasteiger partial charge in [-0.05, 0) is 12.1 Å². The van der Waals surface area contributed by atoms with Crippen LogP contribution in [0.1, 0.15) is 0 Å². The fourth-order valence-electron chi connectivity index (χ4n) is 2.70. The third-order valence-electron chi connectivity index (χ3n) is 4.16. The van der Waals surface area contributed by atoms with Crippen molar-refractivity contribution in [3.05, 3.63) is 51.3 Å². The van der Waals surface area contributed by atoms with Crippen LogP contribution in [0.5, 0.6) is 5.75 Å². The highest BCUT2D eigenvalue weighted by Crippen LogP contribution is 2.22. The van der Waals surface area contributed by atoms with Gasteiger partial charge in [0.2, 0.25) is 5.95 Å². The Labute approximate surface area is 146 Å². The van der Waals surface area contributed by atoms with Crippen molar-refractivity contribution in [1.82, 2.24) is 34.1 Å². The van der Waals surface area contributed by atoms with Crippen LogP contribution in [0.2, 0.25) is 0 Å². The number of methoxy groups -OCH3 is 1. The quantitative estimate of drug-likeness (QED) is 0.564. The van der Waals surface area contributed by atoms with E-state index in [4.69, 9.17) is 4.74 Å². The number of hydrogen-bond acceptors (Lipinski definition) is 6. The van der Waals surface area contributed by atoms with Gasteiger partial charge in [-0.3, -0.25) is 13.9 Å². The molecule has 132 valence electrons. The number of aryl methyl sites for hydroxylation is 1. The lowest BCUT2D eigenvalue weighted by molar-refractivity contribution is 0.415. The molecule has 0 radical (unpaired) electrons. The number of rotatable bonds is 3. The Bertz CT molecular complexity index is 1240. The summed E-state index contributed by atoms with van der Waals surface area (Å²) in [5.41, 5.74) is 1.03. The van der Waals surface area contributed by atoms with Crippen molar-refractivity contribution >= 4 is 11.2 Å². The first-order valence-electron chi connectivity index (χ1n) is 7.72. The predicted molar refractivity (Wildman–Crippen MR) is 93.5 cm³/mol. The molecule has 1 N–H and O–H groups in total. The first-order valence-corrected chi connectivity index (χ1v) is 7.72. The number of ether oxygens (including phenoxy) is 1. The fraction of sp³-hybridized carbons (Fsp3) is 0.188. The highest BCUT2D eigenvalue weighted by atomic mass is 16.5. The highest BCUT2D eigenvalue weighted by Gasteiger charge is 2.15. The van der Waals surface area contributed by atoms with Crippen molar-refractivity contribution in [2.24, 2.45) is 14.1 Å². The minimum Gasteiger partial charge on any atom is -0.497 e. The number of nitrogens with one attached hydrogen (secondary N) is 1. The molecule has 0 aliphatic rings. The van der Waals surface area contributed by atoms with Crippen LogP contribution in [-0.4, -0.2) is 41.2 Å². The van der Waals surface area contributed by atoms with E-state index in [-0.39, 0.29) is 11.2 Å². The summed E-state index contributed by atoms with van der Waals surface area (Å²) in [5, 5.41) is 8.19. The SMILES string of the molecule is COc1cccc(-c2cn(-c3nc4c([nH]3)c(=O)n(C)c(=O)n4C)nn2)c1. The molecule has 0 saturated heterocycles. The number of H-pyrrole nitrogens is 1. The molecule has 26 heavy (non-hydrogen) atoms. The maximum atomic E-state index is 12.3. The third-order valence-corrected chi connectivity index (χ3v) is 4.16. The smallest absolute Gasteiger partial charge is 0.332 e. The normalized spacial score (nSPS) is 11.2. The second-order valence-corrected chi connectivity index (χ2v) is 5.75. The fourth-order valence-corrected chi connectivity index (χ4v) is 2.70. The van der Waals surface area contributed by atoms with Crippen LogP contribution in [0.3, 0.4) is 0 Å². The zero-order valence-electron chi connectivity index (χ0n) is 14.3. The molecule has 0 bridgehead atoms. The molecule has 4 aromatic rings. The molecule has 10 nitrogen and oxygen atoms in total. The van der Waals surface area contributed by atoms with Gasteiger partial charge in [-0.15, -0.1) is 5.10 Å². The number of aromatic amines is 1. The van der Waals surface area contributed by atoms with Crippen molar-refractivity contribution in [3.63, 3.8) is 0 Å². The Morgan fingerprint density at radius 2 is 1.96 bits per heavy atom. The Morgan fingerprint density at radius 3 is 2.73 bits per heavy atom. The lowest BCUT2D eigenvalue weighted by atomic mass is 10.1. The highest BCUT2D eigenvalue weighted by molar-refractivity contribution is 5.71. The average Bonchev–Trinajstić information content (AvgIpc) is 3.32. The molecule has 0 spiro atoms. The molecule has 4 rings (SSSR count). The van der Waals surface area contributed by atoms with Crippen molar-refractivity contribution < 1.29 is 4.74 Å². The number of aromatic nitrogens is 7. The van der Waals surface area contributed by atoms with Gasteiger partial charge in [0, 0.05) is 19.7 Å². The van der Waals surface area contributed by atoms with Crippen molar-refractivity contribution in [3.8, 4) is 23.0 Å². The van der Waals surface area contributed by atoms with E-state index >= 15 is 0 Å². The Hall–Kier alpha value is -3.69. The molecule has 0 saturated carbocycles. The van der Waals surface area contributed by atoms with Gasteiger partial charge in [-0.1, -0.05) is 17.3 Å². The van der Waals surface area contributed by atoms with Crippen molar-refractivity contribution in [2.75, 3.05) is 7.11 Å². The predicted octanol–water partition coefficient (Wildman–Crippen LogP) is 0.217. The average molecular weight is 353 g/mol. The first-order chi connectivity index (χ1) is 12.5. The standard InChI is InChI=1S/C16H15N7O3/c1-21-13-12(14(24)22(2)16(21)25)17-15(18-13)23-8-11(19-20-23)9-5-4-6-10(7-9)26-3/h4-8H,1-3H3,(H,17,18). The molecule has 3 heterocycles. The van der Waals surface area contributed by atoms with Crippen molar-refractivity contribution in [1.29, 1.82) is 0 Å². The molecule has 1 aromatic carbocycles. The van der Waals surface area contributed by atoms with E-state index < -0.39 is 11.2 Å². The topological polar surface area (TPSA) is 113 Å². The molecule has 10 heteroatoms. The Balaban J connectivity index is 1.83. The number of imidazole rings is 1. The van der Waals surface area contributed by atoms with E-state index in [9.17, 15) is 9.59 Å². The minimum absolute atomic E-state index is 0.225. The zero-order valence-corrected chi connectivity index (χ0v) is 14.3. The van der Waals surface area contributed by atoms with Gasteiger partial charge in [-0.25, -0.2) is 4.79 Å². The lowest BCUT2D eigenvalue weighted by Crippen LogP contribution is -2.36. The van der Waals surface area contributed by atoms with E-state index in [0.717, 1.165) is 10.1 Å². The van der Waals surface area contributed by atoms with Gasteiger partial charge in [0.1, 0.15) is 11.4 Å². The Morgan fingerprint density at radius 1 is 1.15 bits per heavy atom. The van der Waals surface area contributed by atoms with E-state index in [1.165, 1.54) is 16.3 Å². The summed E-state index contributed by atoms with van der Waals surface area (Å²) in [4.78, 5) is 31.5. The number of nitrogens with zero attached hydrogens (tertiary/aromatic N) is 6. The lowest BCUT2D eigenvalue weighted by Gasteiger charge is -2.00. The summed E-state index contributed by atoms with van der Waals surface area (Å²) in [5.74, 6) is 0.999. The van der Waals surface area contributed by atoms with Crippen LogP contribution in [0, 0.1) is 0 Å². The number of hydrogen-bond donors (Lipinski definition) is 1. The minimum atomic E-state index is -0.449. The summed E-state index contributed by atoms with van der Waals surface area (Å²) in [6.45, 7) is 0. The van der Waals surface area contributed by atoms with Gasteiger partial charge in [0.05, 0.1) is 13.3 Å². The maximum absolute atomic E-state index is 12.3. The van der Waals surface area contributed by atoms with E-state index in [1.54, 1.807) is 20.4 Å². The van der Waals surface area contributed by atoms with E-state index in [1.807, 2.05) is 24.3 Å². The summed E-state index contributed by atoms with van der Waals surface area (Å²) in [7, 11) is 4.56. The molecule has 0 unspecified atom stereocenters. The summed E-state index contributed by atoms with van der Waals surface area (Å²) < 4.78 is 8.95. The van der Waals surface area contributed by atoms with Crippen LogP contribution in [0.25, 0.3) is 28.4 Å². The van der Waals surface area contributed by atoms with Gasteiger partial charge in [0.25, 0.3) is 5.56 Å². The second-order valence-electron chi connectivity index (χ2n) is 5.75. The monoisotopic (exact) mass is 353 g/mol. The largest absolute Gasteiger partial charge is 0.497 e. The van der Waals surface area contributed by atoms with Gasteiger partial charge in [0.15, 0.2) is 11.2 Å².